The average Bonchev–Trinajstić information content (AvgIpc) is 2.17. The highest BCUT2D eigenvalue weighted by molar-refractivity contribution is 5.46. The highest BCUT2D eigenvalue weighted by atomic mass is 14.9. The molecule has 8 heavy (non-hydrogen) atoms. The molecular weight excluding hydrogens is 102 g/mol. The number of nitrogens with two attached hydrogens (primary N) is 1. The lowest BCUT2D eigenvalue weighted by Gasteiger charge is -1.76. The average molecular weight is 115 g/mol. The van der Waals surface area contributed by atoms with E-state index in [0.717, 1.165) is 6.34 Å². The molecule has 0 bridgehead atoms. The van der Waals surface area contributed by atoms with Crippen molar-refractivity contribution in [1.29, 1.82) is 5.41 Å². The fraction of sp³-hybridized carbons (Fsp3) is 0.800. The highest BCUT2D eigenvalue weighted by Gasteiger charge is 1.93. The van der Waals surface area contributed by atoms with Crippen molar-refractivity contribution in [1.82, 2.24) is 5.32 Å². The van der Waals surface area contributed by atoms with Crippen LogP contribution in [0.4, 0.5) is 0 Å². The summed E-state index contributed by atoms with van der Waals surface area (Å²) in [7, 11) is 0. The van der Waals surface area contributed by atoms with Gasteiger partial charge in [0.1, 0.15) is 0 Å². The monoisotopic (exact) mass is 115 g/mol. The van der Waals surface area contributed by atoms with Gasteiger partial charge in [-0.15, -0.1) is 0 Å². The van der Waals surface area contributed by atoms with Gasteiger partial charge >= 0.3 is 0 Å². The Morgan fingerprint density at radius 1 is 1.38 bits per heavy atom. The van der Waals surface area contributed by atoms with Crippen LogP contribution in [0.1, 0.15) is 12.8 Å². The molecule has 3 nitrogen and oxygen atoms in total. The van der Waals surface area contributed by atoms with Crippen LogP contribution in [0.15, 0.2) is 0 Å². The first-order chi connectivity index (χ1) is 3.91. The van der Waals surface area contributed by atoms with Gasteiger partial charge in [-0.3, -0.25) is 5.41 Å². The van der Waals surface area contributed by atoms with Crippen molar-refractivity contribution in [3.8, 4) is 0 Å². The summed E-state index contributed by atoms with van der Waals surface area (Å²) in [5.74, 6) is 0. The predicted octanol–water partition coefficient (Wildman–Crippen LogP) is -0.0780. The van der Waals surface area contributed by atoms with Gasteiger partial charge in [-0.2, -0.15) is 0 Å². The molecule has 1 fully saturated rings. The molecule has 48 valence electrons. The van der Waals surface area contributed by atoms with Gasteiger partial charge in [0, 0.05) is 0 Å². The lowest BCUT2D eigenvalue weighted by molar-refractivity contribution is 0.857. The van der Waals surface area contributed by atoms with E-state index in [1.54, 1.807) is 0 Å². The maximum atomic E-state index is 5.86. The van der Waals surface area contributed by atoms with Crippen LogP contribution in [0, 0.1) is 5.41 Å². The smallest absolute Gasteiger partial charge is 0.0765 e. The number of rotatable bonds is 0. The topological polar surface area (TPSA) is 61.9 Å². The van der Waals surface area contributed by atoms with Crippen LogP contribution >= 0.6 is 0 Å². The molecule has 0 radical (unpaired) electrons. The van der Waals surface area contributed by atoms with Gasteiger partial charge in [-0.05, 0) is 25.9 Å². The van der Waals surface area contributed by atoms with Crippen LogP contribution in [0.25, 0.3) is 0 Å². The second-order valence-corrected chi connectivity index (χ2v) is 1.62. The maximum absolute atomic E-state index is 5.86. The maximum Gasteiger partial charge on any atom is 0.0765 e. The van der Waals surface area contributed by atoms with Crippen molar-refractivity contribution < 1.29 is 0 Å². The molecule has 4 N–H and O–H groups in total. The normalized spacial score (nSPS) is 16.5. The van der Waals surface area contributed by atoms with Crippen LogP contribution < -0.4 is 11.1 Å². The molecule has 0 atom stereocenters. The predicted molar refractivity (Wildman–Crippen MR) is 35.1 cm³/mol. The Morgan fingerprint density at radius 3 is 1.88 bits per heavy atom. The molecule has 0 saturated carbocycles. The highest BCUT2D eigenvalue weighted by Crippen LogP contribution is 1.90. The van der Waals surface area contributed by atoms with E-state index < -0.39 is 0 Å². The van der Waals surface area contributed by atoms with Crippen molar-refractivity contribution in [2.24, 2.45) is 5.73 Å². The molecular formula is C5H13N3. The first-order valence-corrected chi connectivity index (χ1v) is 2.83. The zero-order valence-corrected chi connectivity index (χ0v) is 4.98. The molecule has 0 spiro atoms. The summed E-state index contributed by atoms with van der Waals surface area (Å²) in [6, 6.07) is 0. The Balaban J connectivity index is 0.000000145. The molecule has 3 heteroatoms. The fourth-order valence-corrected chi connectivity index (χ4v) is 0.625. The lowest BCUT2D eigenvalue weighted by atomic mass is 10.4. The number of nitrogens with one attached hydrogen (secondary N) is 2. The zero-order chi connectivity index (χ0) is 6.24. The lowest BCUT2D eigenvalue weighted by Crippen LogP contribution is -2.03. The first kappa shape index (κ1) is 7.43. The summed E-state index contributed by atoms with van der Waals surface area (Å²) in [6.45, 7) is 2.50. The molecule has 0 amide bonds. The van der Waals surface area contributed by atoms with E-state index in [1.807, 2.05) is 0 Å². The van der Waals surface area contributed by atoms with Crippen molar-refractivity contribution in [3.05, 3.63) is 0 Å². The minimum absolute atomic E-state index is 0.750. The molecule has 1 rings (SSSR count). The van der Waals surface area contributed by atoms with Crippen molar-refractivity contribution in [2.45, 2.75) is 12.8 Å². The van der Waals surface area contributed by atoms with Gasteiger partial charge < -0.3 is 11.1 Å². The summed E-state index contributed by atoms with van der Waals surface area (Å²) in [5.41, 5.74) is 4.39. The van der Waals surface area contributed by atoms with E-state index in [9.17, 15) is 0 Å². The van der Waals surface area contributed by atoms with Crippen LogP contribution in [0.2, 0.25) is 0 Å². The van der Waals surface area contributed by atoms with Crippen LogP contribution in [-0.2, 0) is 0 Å². The van der Waals surface area contributed by atoms with Gasteiger partial charge in [0.2, 0.25) is 0 Å². The summed E-state index contributed by atoms with van der Waals surface area (Å²) in [6.07, 6.45) is 3.53. The second-order valence-electron chi connectivity index (χ2n) is 1.62. The molecule has 0 aromatic carbocycles. The zero-order valence-electron chi connectivity index (χ0n) is 4.98. The fourth-order valence-electron chi connectivity index (χ4n) is 0.625. The van der Waals surface area contributed by atoms with E-state index in [4.69, 9.17) is 5.41 Å². The Bertz CT molecular complexity index is 42.0. The largest absolute Gasteiger partial charge is 0.390 e. The molecule has 0 aliphatic carbocycles. The quantitative estimate of drug-likeness (QED) is 0.305. The van der Waals surface area contributed by atoms with E-state index in [-0.39, 0.29) is 0 Å². The molecule has 0 unspecified atom stereocenters. The van der Waals surface area contributed by atoms with Crippen LogP contribution in [0.5, 0.6) is 0 Å². The van der Waals surface area contributed by atoms with Gasteiger partial charge in [-0.25, -0.2) is 0 Å². The van der Waals surface area contributed by atoms with Gasteiger partial charge in [0.05, 0.1) is 6.34 Å². The molecule has 1 saturated heterocycles. The number of hydrogen-bond donors (Lipinski definition) is 3. The summed E-state index contributed by atoms with van der Waals surface area (Å²) in [4.78, 5) is 0. The first-order valence-electron chi connectivity index (χ1n) is 2.83. The molecule has 0 aromatic heterocycles. The van der Waals surface area contributed by atoms with Gasteiger partial charge in [-0.1, -0.05) is 0 Å². The van der Waals surface area contributed by atoms with Crippen LogP contribution in [0.3, 0.4) is 0 Å². The van der Waals surface area contributed by atoms with Gasteiger partial charge in [0.15, 0.2) is 0 Å². The third kappa shape index (κ3) is 5.43. The van der Waals surface area contributed by atoms with E-state index in [2.05, 4.69) is 11.1 Å². The van der Waals surface area contributed by atoms with E-state index in [0.29, 0.717) is 0 Å². The molecule has 0 aromatic rings. The van der Waals surface area contributed by atoms with E-state index >= 15 is 0 Å². The molecule has 1 heterocycles. The third-order valence-electron chi connectivity index (χ3n) is 0.957. The summed E-state index contributed by atoms with van der Waals surface area (Å²) >= 11 is 0. The minimum atomic E-state index is 0.750. The Hall–Kier alpha value is -0.570. The Kier molecular flexibility index (Phi) is 5.97. The van der Waals surface area contributed by atoms with E-state index in [1.165, 1.54) is 25.9 Å². The summed E-state index contributed by atoms with van der Waals surface area (Å²) in [5, 5.41) is 9.08. The molecule has 1 aliphatic heterocycles. The second kappa shape index (κ2) is 6.43. The number of hydrogen-bond acceptors (Lipinski definition) is 2. The molecule has 1 aliphatic rings. The minimum Gasteiger partial charge on any atom is -0.390 e. The van der Waals surface area contributed by atoms with Crippen molar-refractivity contribution in [3.63, 3.8) is 0 Å². The van der Waals surface area contributed by atoms with Gasteiger partial charge in [0.25, 0.3) is 0 Å². The third-order valence-corrected chi connectivity index (χ3v) is 0.957. The van der Waals surface area contributed by atoms with Crippen molar-refractivity contribution >= 4 is 6.34 Å². The standard InChI is InChI=1S/C4H9N.CH4N2/c1-2-4-5-3-1;2-1-3/h5H,1-4H2;1H,(H3,2,3). The van der Waals surface area contributed by atoms with Crippen molar-refractivity contribution in [2.75, 3.05) is 13.1 Å². The summed E-state index contributed by atoms with van der Waals surface area (Å²) < 4.78 is 0. The van der Waals surface area contributed by atoms with Crippen LogP contribution in [-0.4, -0.2) is 19.4 Å². The SMILES string of the molecule is C1CCNC1.N=CN. The Labute approximate surface area is 49.8 Å². The Morgan fingerprint density at radius 2 is 1.75 bits per heavy atom.